The lowest BCUT2D eigenvalue weighted by atomic mass is 10.1. The summed E-state index contributed by atoms with van der Waals surface area (Å²) in [5, 5.41) is 10.5. The Labute approximate surface area is 147 Å². The molecule has 0 fully saturated rings. The average molecular weight is 361 g/mol. The highest BCUT2D eigenvalue weighted by atomic mass is 32.2. The van der Waals surface area contributed by atoms with Crippen molar-refractivity contribution in [2.45, 2.75) is 30.4 Å². The van der Waals surface area contributed by atoms with Crippen LogP contribution in [0.4, 0.5) is 4.39 Å². The molecule has 130 valence electrons. The van der Waals surface area contributed by atoms with Crippen LogP contribution < -0.4 is 5.32 Å². The van der Waals surface area contributed by atoms with E-state index in [9.17, 15) is 9.18 Å². The third kappa shape index (κ3) is 4.27. The Kier molecular flexibility index (Phi) is 5.18. The van der Waals surface area contributed by atoms with E-state index in [1.807, 2.05) is 6.92 Å². The Bertz CT molecular complexity index is 833. The molecule has 3 rings (SSSR count). The van der Waals surface area contributed by atoms with Crippen molar-refractivity contribution in [3.05, 3.63) is 54.0 Å². The maximum Gasteiger partial charge on any atom is 0.284 e. The molecule has 0 spiro atoms. The van der Waals surface area contributed by atoms with Crippen molar-refractivity contribution in [2.75, 3.05) is 0 Å². The monoisotopic (exact) mass is 361 g/mol. The topological polar surface area (TPSA) is 81.2 Å². The van der Waals surface area contributed by atoms with Crippen LogP contribution in [-0.4, -0.2) is 21.4 Å². The van der Waals surface area contributed by atoms with Crippen molar-refractivity contribution in [3.63, 3.8) is 0 Å². The number of carbonyl (C=O) groups is 1. The quantitative estimate of drug-likeness (QED) is 0.672. The van der Waals surface area contributed by atoms with Crippen LogP contribution in [0.1, 0.15) is 25.5 Å². The van der Waals surface area contributed by atoms with Crippen molar-refractivity contribution in [2.24, 2.45) is 0 Å². The van der Waals surface area contributed by atoms with E-state index in [2.05, 4.69) is 15.5 Å². The summed E-state index contributed by atoms with van der Waals surface area (Å²) >= 11 is 1.16. The molecule has 0 saturated heterocycles. The minimum absolute atomic E-state index is 0.181. The van der Waals surface area contributed by atoms with E-state index in [1.54, 1.807) is 31.2 Å². The van der Waals surface area contributed by atoms with Gasteiger partial charge in [-0.2, -0.15) is 0 Å². The lowest BCUT2D eigenvalue weighted by Crippen LogP contribution is -2.33. The summed E-state index contributed by atoms with van der Waals surface area (Å²) < 4.78 is 23.6. The van der Waals surface area contributed by atoms with Gasteiger partial charge in [0, 0.05) is 0 Å². The van der Waals surface area contributed by atoms with Crippen LogP contribution in [0.15, 0.2) is 56.7 Å². The van der Waals surface area contributed by atoms with Crippen LogP contribution in [-0.2, 0) is 4.79 Å². The minimum Gasteiger partial charge on any atom is -0.459 e. The van der Waals surface area contributed by atoms with Gasteiger partial charge in [0.2, 0.25) is 5.91 Å². The number of rotatable bonds is 6. The number of benzene rings is 1. The molecule has 0 bridgehead atoms. The van der Waals surface area contributed by atoms with Gasteiger partial charge in [-0.15, -0.1) is 10.2 Å². The van der Waals surface area contributed by atoms with E-state index in [-0.39, 0.29) is 28.9 Å². The van der Waals surface area contributed by atoms with E-state index < -0.39 is 5.25 Å². The number of carbonyl (C=O) groups excluding carboxylic acids is 1. The standard InChI is InChI=1S/C17H16FN3O3S/c1-10(12-5-7-13(18)8-6-12)19-15(22)11(2)25-17-21-20-16(24-17)14-4-3-9-23-14/h3-11H,1-2H3,(H,19,22)/t10-,11-/m1/s1. The summed E-state index contributed by atoms with van der Waals surface area (Å²) in [4.78, 5) is 12.3. The zero-order valence-corrected chi connectivity index (χ0v) is 14.4. The molecule has 1 N–H and O–H groups in total. The Morgan fingerprint density at radius 1 is 1.20 bits per heavy atom. The fraction of sp³-hybridized carbons (Fsp3) is 0.235. The first kappa shape index (κ1) is 17.2. The normalized spacial score (nSPS) is 13.4. The predicted octanol–water partition coefficient (Wildman–Crippen LogP) is 3.83. The maximum atomic E-state index is 13.0. The second-order valence-electron chi connectivity index (χ2n) is 5.39. The third-order valence-corrected chi connectivity index (χ3v) is 4.45. The van der Waals surface area contributed by atoms with E-state index in [1.165, 1.54) is 18.4 Å². The molecule has 1 amide bonds. The Hall–Kier alpha value is -2.61. The van der Waals surface area contributed by atoms with E-state index >= 15 is 0 Å². The molecule has 8 heteroatoms. The van der Waals surface area contributed by atoms with Crippen molar-refractivity contribution in [1.82, 2.24) is 15.5 Å². The molecule has 0 aliphatic carbocycles. The summed E-state index contributed by atoms with van der Waals surface area (Å²) in [6.07, 6.45) is 1.51. The van der Waals surface area contributed by atoms with Crippen LogP contribution in [0.3, 0.4) is 0 Å². The second-order valence-corrected chi connectivity index (χ2v) is 6.68. The summed E-state index contributed by atoms with van der Waals surface area (Å²) in [5.74, 6) is 0.246. The number of halogens is 1. The van der Waals surface area contributed by atoms with E-state index in [0.29, 0.717) is 5.76 Å². The lowest BCUT2D eigenvalue weighted by molar-refractivity contribution is -0.120. The zero-order valence-electron chi connectivity index (χ0n) is 13.6. The van der Waals surface area contributed by atoms with Crippen molar-refractivity contribution < 1.29 is 18.0 Å². The molecule has 0 aliphatic heterocycles. The van der Waals surface area contributed by atoms with Gasteiger partial charge in [-0.05, 0) is 43.7 Å². The number of hydrogen-bond acceptors (Lipinski definition) is 6. The number of nitrogens with zero attached hydrogens (tertiary/aromatic N) is 2. The number of hydrogen-bond donors (Lipinski definition) is 1. The van der Waals surface area contributed by atoms with Crippen molar-refractivity contribution in [3.8, 4) is 11.7 Å². The zero-order chi connectivity index (χ0) is 17.8. The SMILES string of the molecule is C[C@@H](Sc1nnc(-c2ccco2)o1)C(=O)N[C@H](C)c1ccc(F)cc1. The molecule has 2 aromatic heterocycles. The Morgan fingerprint density at radius 3 is 2.64 bits per heavy atom. The number of thioether (sulfide) groups is 1. The van der Waals surface area contributed by atoms with Crippen LogP contribution in [0, 0.1) is 5.82 Å². The first-order chi connectivity index (χ1) is 12.0. The first-order valence-electron chi connectivity index (χ1n) is 7.63. The molecule has 0 radical (unpaired) electrons. The molecule has 1 aromatic carbocycles. The van der Waals surface area contributed by atoms with Gasteiger partial charge < -0.3 is 14.2 Å². The number of nitrogens with one attached hydrogen (secondary N) is 1. The number of aromatic nitrogens is 2. The summed E-state index contributed by atoms with van der Waals surface area (Å²) in [6.45, 7) is 3.58. The molecular weight excluding hydrogens is 345 g/mol. The van der Waals surface area contributed by atoms with E-state index in [4.69, 9.17) is 8.83 Å². The van der Waals surface area contributed by atoms with Crippen LogP contribution in [0.2, 0.25) is 0 Å². The smallest absolute Gasteiger partial charge is 0.284 e. The highest BCUT2D eigenvalue weighted by molar-refractivity contribution is 8.00. The van der Waals surface area contributed by atoms with Crippen molar-refractivity contribution >= 4 is 17.7 Å². The summed E-state index contributed by atoms with van der Waals surface area (Å²) in [5.41, 5.74) is 0.824. The first-order valence-corrected chi connectivity index (χ1v) is 8.51. The largest absolute Gasteiger partial charge is 0.459 e. The van der Waals surface area contributed by atoms with Crippen LogP contribution in [0.25, 0.3) is 11.7 Å². The van der Waals surface area contributed by atoms with Crippen LogP contribution >= 0.6 is 11.8 Å². The molecule has 6 nitrogen and oxygen atoms in total. The highest BCUT2D eigenvalue weighted by Gasteiger charge is 2.21. The van der Waals surface area contributed by atoms with Gasteiger partial charge in [-0.25, -0.2) is 4.39 Å². The highest BCUT2D eigenvalue weighted by Crippen LogP contribution is 2.26. The number of amides is 1. The molecule has 0 saturated carbocycles. The molecule has 2 atom stereocenters. The van der Waals surface area contributed by atoms with Crippen molar-refractivity contribution in [1.29, 1.82) is 0 Å². The average Bonchev–Trinajstić information content (AvgIpc) is 3.26. The molecule has 25 heavy (non-hydrogen) atoms. The molecule has 2 heterocycles. The van der Waals surface area contributed by atoms with Gasteiger partial charge in [-0.3, -0.25) is 4.79 Å². The fourth-order valence-corrected chi connectivity index (χ4v) is 2.82. The Morgan fingerprint density at radius 2 is 1.96 bits per heavy atom. The van der Waals surface area contributed by atoms with Gasteiger partial charge in [-0.1, -0.05) is 23.9 Å². The minimum atomic E-state index is -0.437. The molecular formula is C17H16FN3O3S. The van der Waals surface area contributed by atoms with Gasteiger partial charge in [0.1, 0.15) is 5.82 Å². The second kappa shape index (κ2) is 7.52. The van der Waals surface area contributed by atoms with Crippen LogP contribution in [0.5, 0.6) is 0 Å². The van der Waals surface area contributed by atoms with E-state index in [0.717, 1.165) is 17.3 Å². The van der Waals surface area contributed by atoms with Gasteiger partial charge in [0.25, 0.3) is 11.1 Å². The maximum absolute atomic E-state index is 13.0. The number of furan rings is 1. The Balaban J connectivity index is 1.58. The van der Waals surface area contributed by atoms with Gasteiger partial charge in [0.15, 0.2) is 5.76 Å². The van der Waals surface area contributed by atoms with Gasteiger partial charge >= 0.3 is 0 Å². The predicted molar refractivity (Wildman–Crippen MR) is 90.3 cm³/mol. The lowest BCUT2D eigenvalue weighted by Gasteiger charge is -2.16. The fourth-order valence-electron chi connectivity index (χ4n) is 2.13. The molecule has 0 aliphatic rings. The third-order valence-electron chi connectivity index (χ3n) is 3.51. The molecule has 0 unspecified atom stereocenters. The summed E-state index contributed by atoms with van der Waals surface area (Å²) in [6, 6.07) is 9.21. The summed E-state index contributed by atoms with van der Waals surface area (Å²) in [7, 11) is 0. The van der Waals surface area contributed by atoms with Gasteiger partial charge in [0.05, 0.1) is 17.6 Å². The molecule has 3 aromatic rings.